The van der Waals surface area contributed by atoms with Crippen molar-refractivity contribution in [3.63, 3.8) is 0 Å². The third kappa shape index (κ3) is 5.90. The van der Waals surface area contributed by atoms with Crippen LogP contribution in [0.5, 0.6) is 0 Å². The number of hydrogen-bond acceptors (Lipinski definition) is 17. The zero-order valence-electron chi connectivity index (χ0n) is 24.5. The monoisotopic (exact) mass is 701 g/mol. The van der Waals surface area contributed by atoms with Crippen molar-refractivity contribution < 1.29 is 56.3 Å². The second-order valence-corrected chi connectivity index (χ2v) is 13.6. The normalized spacial score (nSPS) is 36.6. The molecule has 24 heteroatoms. The van der Waals surface area contributed by atoms with Gasteiger partial charge in [-0.15, -0.1) is 0 Å². The van der Waals surface area contributed by atoms with Crippen molar-refractivity contribution in [1.82, 2.24) is 39.0 Å². The minimum Gasteiger partial charge on any atom is -0.386 e. The number of anilines is 1. The Morgan fingerprint density at radius 3 is 2.32 bits per heavy atom. The molecule has 4 aromatic rings. The number of rotatable bonds is 4. The number of phosphoric acid groups is 2. The first-order valence-electron chi connectivity index (χ1n) is 14.1. The molecule has 2 bridgehead atoms. The van der Waals surface area contributed by atoms with Crippen LogP contribution in [0, 0.1) is 6.92 Å². The predicted octanol–water partition coefficient (Wildman–Crippen LogP) is -0.571. The van der Waals surface area contributed by atoms with E-state index in [1.54, 1.807) is 13.8 Å². The second-order valence-electron chi connectivity index (χ2n) is 10.8. The van der Waals surface area contributed by atoms with Crippen LogP contribution >= 0.6 is 15.6 Å². The van der Waals surface area contributed by atoms with Crippen LogP contribution < -0.4 is 11.3 Å². The van der Waals surface area contributed by atoms with E-state index in [2.05, 4.69) is 29.9 Å². The molecule has 6 N–H and O–H groups in total. The van der Waals surface area contributed by atoms with Crippen LogP contribution in [-0.2, 0) is 41.4 Å². The van der Waals surface area contributed by atoms with Crippen molar-refractivity contribution in [3.05, 3.63) is 35.2 Å². The van der Waals surface area contributed by atoms with Gasteiger partial charge in [0.2, 0.25) is 0 Å². The fraction of sp³-hybridized carbons (Fsp3) is 0.565. The zero-order chi connectivity index (χ0) is 33.2. The van der Waals surface area contributed by atoms with E-state index in [0.29, 0.717) is 0 Å². The van der Waals surface area contributed by atoms with Gasteiger partial charge in [-0.05, 0) is 13.8 Å². The number of imidazole rings is 2. The number of aromatic nitrogens is 8. The van der Waals surface area contributed by atoms with Gasteiger partial charge in [-0.2, -0.15) is 0 Å². The SMILES string of the molecule is CCO[C@@H]1C2OP(=O)(O)OC[C@H]3O[C@@H](n4cnc5c(N)ncnc54)[C@@H](O)C3OP(=O)(O)OC[C@H]1O[C@H]2n1cnc2c(=O)[nH]c(C)nc21. The number of nitrogens with one attached hydrogen (secondary N) is 1. The number of hydrogen-bond donors (Lipinski definition) is 5. The third-order valence-electron chi connectivity index (χ3n) is 7.75. The van der Waals surface area contributed by atoms with Crippen molar-refractivity contribution in [3.8, 4) is 0 Å². The summed E-state index contributed by atoms with van der Waals surface area (Å²) in [5, 5.41) is 11.2. The van der Waals surface area contributed by atoms with Crippen LogP contribution in [0.1, 0.15) is 25.2 Å². The molecule has 7 heterocycles. The van der Waals surface area contributed by atoms with Gasteiger partial charge in [0.05, 0.1) is 25.9 Å². The molecule has 0 saturated carbocycles. The first kappa shape index (κ1) is 32.3. The quantitative estimate of drug-likeness (QED) is 0.166. The highest BCUT2D eigenvalue weighted by molar-refractivity contribution is 7.47. The molecule has 0 aromatic carbocycles. The summed E-state index contributed by atoms with van der Waals surface area (Å²) < 4.78 is 68.7. The Labute approximate surface area is 263 Å². The molecule has 0 aliphatic carbocycles. The number of aliphatic hydroxyl groups is 1. The number of H-pyrrole nitrogens is 1. The summed E-state index contributed by atoms with van der Waals surface area (Å²) in [6.07, 6.45) is -7.54. The lowest BCUT2D eigenvalue weighted by atomic mass is 10.1. The number of ether oxygens (including phenoxy) is 3. The van der Waals surface area contributed by atoms with E-state index in [9.17, 15) is 28.8 Å². The van der Waals surface area contributed by atoms with Crippen molar-refractivity contribution in [2.24, 2.45) is 0 Å². The lowest BCUT2D eigenvalue weighted by molar-refractivity contribution is -0.0677. The molecule has 0 spiro atoms. The zero-order valence-corrected chi connectivity index (χ0v) is 26.3. The van der Waals surface area contributed by atoms with E-state index in [1.807, 2.05) is 0 Å². The van der Waals surface area contributed by atoms with Crippen LogP contribution in [0.15, 0.2) is 23.8 Å². The van der Waals surface area contributed by atoms with Crippen molar-refractivity contribution >= 4 is 43.8 Å². The fourth-order valence-corrected chi connectivity index (χ4v) is 7.66. The predicted molar refractivity (Wildman–Crippen MR) is 153 cm³/mol. The highest BCUT2D eigenvalue weighted by Gasteiger charge is 2.54. The summed E-state index contributed by atoms with van der Waals surface area (Å²) in [5.74, 6) is 0.306. The summed E-state index contributed by atoms with van der Waals surface area (Å²) in [6.45, 7) is 1.83. The topological polar surface area (TPSA) is 293 Å². The number of phosphoric ester groups is 2. The second kappa shape index (κ2) is 12.0. The maximum Gasteiger partial charge on any atom is 0.472 e. The summed E-state index contributed by atoms with van der Waals surface area (Å²) in [4.78, 5) is 57.2. The Kier molecular flexibility index (Phi) is 8.26. The van der Waals surface area contributed by atoms with Crippen LogP contribution in [0.2, 0.25) is 0 Å². The van der Waals surface area contributed by atoms with Crippen LogP contribution in [0.3, 0.4) is 0 Å². The largest absolute Gasteiger partial charge is 0.472 e. The molecular formula is C23H29N9O13P2. The number of nitrogen functional groups attached to an aromatic ring is 1. The fourth-order valence-electron chi connectivity index (χ4n) is 5.77. The first-order valence-corrected chi connectivity index (χ1v) is 17.1. The van der Waals surface area contributed by atoms with E-state index >= 15 is 0 Å². The molecule has 22 nitrogen and oxygen atoms in total. The average Bonchev–Trinajstić information content (AvgIpc) is 3.76. The first-order chi connectivity index (χ1) is 22.4. The number of nitrogens with zero attached hydrogens (tertiary/aromatic N) is 7. The standard InChI is InChI=1S/C23H29N9O13P2/c1-3-39-16-11-5-41-46(35,36)44-15-10(42-22(14(15)33)31-7-27-12-18(24)25-6-26-19(12)31)4-40-47(37,38)45-17(16)23(43-11)32-8-28-13-20(32)29-9(2)30-21(13)34/h6-8,10-11,14-17,22-23,33H,3-5H2,1-2H3,(H,35,36)(H,37,38)(H2,24,25,26)(H,29,30,34)/t10-,11-,14+,15?,16+,17?,22-,23-/m1/s1. The van der Waals surface area contributed by atoms with E-state index < -0.39 is 83.5 Å². The molecule has 3 saturated heterocycles. The maximum absolute atomic E-state index is 13.5. The van der Waals surface area contributed by atoms with Gasteiger partial charge in [0.15, 0.2) is 35.1 Å². The van der Waals surface area contributed by atoms with E-state index in [1.165, 1.54) is 28.1 Å². The highest BCUT2D eigenvalue weighted by atomic mass is 31.2. The van der Waals surface area contributed by atoms with Crippen molar-refractivity contribution in [1.29, 1.82) is 0 Å². The molecule has 3 fully saturated rings. The molecule has 3 aliphatic heterocycles. The third-order valence-corrected chi connectivity index (χ3v) is 9.72. The number of aliphatic hydroxyl groups excluding tert-OH is 1. The molecule has 0 radical (unpaired) electrons. The van der Waals surface area contributed by atoms with E-state index in [4.69, 9.17) is 38.0 Å². The minimum atomic E-state index is -5.03. The summed E-state index contributed by atoms with van der Waals surface area (Å²) in [6, 6.07) is 0. The molecule has 47 heavy (non-hydrogen) atoms. The Morgan fingerprint density at radius 2 is 1.60 bits per heavy atom. The molecule has 3 aliphatic rings. The summed E-state index contributed by atoms with van der Waals surface area (Å²) in [5.41, 5.74) is 5.70. The smallest absolute Gasteiger partial charge is 0.386 e. The molecule has 4 aromatic heterocycles. The molecule has 0 amide bonds. The number of nitrogens with two attached hydrogens (primary N) is 1. The molecule has 10 atom stereocenters. The van der Waals surface area contributed by atoms with Gasteiger partial charge in [-0.3, -0.25) is 32.0 Å². The van der Waals surface area contributed by atoms with E-state index in [-0.39, 0.29) is 40.6 Å². The minimum absolute atomic E-state index is 0.0472. The molecular weight excluding hydrogens is 672 g/mol. The van der Waals surface area contributed by atoms with Crippen molar-refractivity contribution in [2.75, 3.05) is 25.6 Å². The Balaban J connectivity index is 1.23. The van der Waals surface area contributed by atoms with Gasteiger partial charge in [0, 0.05) is 6.61 Å². The molecule has 7 rings (SSSR count). The van der Waals surface area contributed by atoms with Gasteiger partial charge in [-0.25, -0.2) is 34.0 Å². The average molecular weight is 701 g/mol. The number of aromatic amines is 1. The Morgan fingerprint density at radius 1 is 0.957 bits per heavy atom. The van der Waals surface area contributed by atoms with Crippen molar-refractivity contribution in [2.45, 2.75) is 62.9 Å². The maximum atomic E-state index is 13.5. The van der Waals surface area contributed by atoms with E-state index in [0.717, 1.165) is 0 Å². The summed E-state index contributed by atoms with van der Waals surface area (Å²) in [7, 11) is -10.0. The Hall–Kier alpha value is -3.24. The molecule has 4 unspecified atom stereocenters. The number of fused-ring (bicyclic) bond motifs is 5. The summed E-state index contributed by atoms with van der Waals surface area (Å²) >= 11 is 0. The van der Waals surface area contributed by atoms with Gasteiger partial charge in [-0.1, -0.05) is 0 Å². The van der Waals surface area contributed by atoms with Gasteiger partial charge in [0.25, 0.3) is 5.56 Å². The van der Waals surface area contributed by atoms with Gasteiger partial charge in [0.1, 0.15) is 54.3 Å². The number of aryl methyl sites for hydroxylation is 1. The Bertz CT molecular complexity index is 1970. The molecule has 254 valence electrons. The van der Waals surface area contributed by atoms with Gasteiger partial charge >= 0.3 is 15.6 Å². The lowest BCUT2D eigenvalue weighted by Crippen LogP contribution is -2.38. The van der Waals surface area contributed by atoms with Gasteiger partial charge < -0.3 is 39.8 Å². The lowest BCUT2D eigenvalue weighted by Gasteiger charge is -2.26. The highest BCUT2D eigenvalue weighted by Crippen LogP contribution is 2.54. The van der Waals surface area contributed by atoms with Crippen LogP contribution in [0.25, 0.3) is 22.3 Å². The van der Waals surface area contributed by atoms with Crippen LogP contribution in [-0.4, -0.2) is 110 Å². The van der Waals surface area contributed by atoms with Crippen LogP contribution in [0.4, 0.5) is 5.82 Å².